The van der Waals surface area contributed by atoms with Crippen molar-refractivity contribution in [2.24, 2.45) is 0 Å². The molecule has 1 aliphatic rings. The van der Waals surface area contributed by atoms with Gasteiger partial charge in [0.25, 0.3) is 5.78 Å². The van der Waals surface area contributed by atoms with E-state index in [0.717, 1.165) is 5.56 Å². The number of nitrogens with zero attached hydrogens (tertiary/aromatic N) is 5. The van der Waals surface area contributed by atoms with Crippen LogP contribution in [0, 0.1) is 20.8 Å². The van der Waals surface area contributed by atoms with E-state index in [1.165, 1.54) is 16.2 Å². The molecule has 1 aromatic carbocycles. The van der Waals surface area contributed by atoms with Gasteiger partial charge in [-0.05, 0) is 50.1 Å². The summed E-state index contributed by atoms with van der Waals surface area (Å²) in [5.41, 5.74) is 2.95. The zero-order valence-electron chi connectivity index (χ0n) is 17.9. The number of benzene rings is 1. The van der Waals surface area contributed by atoms with Gasteiger partial charge in [-0.25, -0.2) is 4.98 Å². The first-order valence-electron chi connectivity index (χ1n) is 10.1. The molecule has 1 fully saturated rings. The number of aromatic nitrogens is 4. The van der Waals surface area contributed by atoms with Crippen molar-refractivity contribution < 1.29 is 14.7 Å². The first-order valence-corrected chi connectivity index (χ1v) is 11.3. The first kappa shape index (κ1) is 21.3. The number of carbonyl (C=O) groups excluding carboxylic acids is 2. The second-order valence-corrected chi connectivity index (χ2v) is 9.35. The summed E-state index contributed by atoms with van der Waals surface area (Å²) < 4.78 is 1.84. The second-order valence-electron chi connectivity index (χ2n) is 7.76. The van der Waals surface area contributed by atoms with E-state index < -0.39 is 17.7 Å². The Morgan fingerprint density at radius 3 is 2.58 bits per heavy atom. The van der Waals surface area contributed by atoms with E-state index in [9.17, 15) is 14.7 Å². The van der Waals surface area contributed by atoms with Crippen LogP contribution in [0.4, 0.5) is 5.13 Å². The fourth-order valence-electron chi connectivity index (χ4n) is 4.08. The molecule has 0 radical (unpaired) electrons. The summed E-state index contributed by atoms with van der Waals surface area (Å²) in [6.45, 7) is 5.47. The van der Waals surface area contributed by atoms with Crippen LogP contribution in [0.15, 0.2) is 48.2 Å². The molecule has 1 N–H and O–H groups in total. The van der Waals surface area contributed by atoms with E-state index in [1.807, 2.05) is 29.7 Å². The van der Waals surface area contributed by atoms with Gasteiger partial charge in [0.2, 0.25) is 5.13 Å². The Kier molecular flexibility index (Phi) is 5.02. The van der Waals surface area contributed by atoms with Crippen molar-refractivity contribution in [1.82, 2.24) is 19.6 Å². The summed E-state index contributed by atoms with van der Waals surface area (Å²) >= 11 is 7.41. The summed E-state index contributed by atoms with van der Waals surface area (Å²) in [5, 5.41) is 20.8. The average molecular weight is 480 g/mol. The maximum absolute atomic E-state index is 13.3. The smallest absolute Gasteiger partial charge is 0.301 e. The van der Waals surface area contributed by atoms with E-state index in [1.54, 1.807) is 38.1 Å². The molecule has 5 rings (SSSR count). The lowest BCUT2D eigenvalue weighted by Gasteiger charge is -2.22. The van der Waals surface area contributed by atoms with Gasteiger partial charge >= 0.3 is 5.91 Å². The molecule has 33 heavy (non-hydrogen) atoms. The number of aliphatic hydroxyl groups excluding tert-OH is 1. The summed E-state index contributed by atoms with van der Waals surface area (Å²) in [6.07, 6.45) is 1.83. The topological polar surface area (TPSA) is 101 Å². The molecule has 1 unspecified atom stereocenters. The van der Waals surface area contributed by atoms with Crippen LogP contribution in [0.25, 0.3) is 11.4 Å². The van der Waals surface area contributed by atoms with Crippen LogP contribution in [-0.4, -0.2) is 36.4 Å². The molecule has 1 amide bonds. The van der Waals surface area contributed by atoms with E-state index in [4.69, 9.17) is 11.6 Å². The number of anilines is 1. The number of amides is 1. The van der Waals surface area contributed by atoms with Crippen LogP contribution in [0.2, 0.25) is 5.02 Å². The monoisotopic (exact) mass is 479 g/mol. The van der Waals surface area contributed by atoms with E-state index in [0.29, 0.717) is 26.9 Å². The molecule has 1 atom stereocenters. The van der Waals surface area contributed by atoms with Crippen molar-refractivity contribution in [3.8, 4) is 0 Å². The average Bonchev–Trinajstić information content (AvgIpc) is 3.43. The minimum absolute atomic E-state index is 0.0701. The molecular weight excluding hydrogens is 462 g/mol. The first-order chi connectivity index (χ1) is 15.8. The van der Waals surface area contributed by atoms with Crippen molar-refractivity contribution in [3.05, 3.63) is 80.7 Å². The number of aliphatic hydroxyl groups is 1. The summed E-state index contributed by atoms with van der Waals surface area (Å²) in [7, 11) is 0. The van der Waals surface area contributed by atoms with E-state index in [2.05, 4.69) is 15.2 Å². The quantitative estimate of drug-likeness (QED) is 0.266. The maximum atomic E-state index is 13.3. The third-order valence-electron chi connectivity index (χ3n) is 5.64. The van der Waals surface area contributed by atoms with Crippen LogP contribution in [0.1, 0.15) is 33.6 Å². The molecule has 1 saturated heterocycles. The zero-order valence-corrected chi connectivity index (χ0v) is 19.5. The normalized spacial score (nSPS) is 17.9. The minimum Gasteiger partial charge on any atom is -0.505 e. The number of hydrogen-bond donors (Lipinski definition) is 1. The SMILES string of the molecule is Cc1nnc(N2C(=O)C(=O)C(=C(O)c3nc4c(C)cccn4c3C)C2c2cccc(Cl)c2)s1. The van der Waals surface area contributed by atoms with Crippen molar-refractivity contribution in [2.45, 2.75) is 26.8 Å². The molecule has 10 heteroatoms. The van der Waals surface area contributed by atoms with Crippen molar-refractivity contribution >= 4 is 51.2 Å². The highest BCUT2D eigenvalue weighted by Gasteiger charge is 2.48. The highest BCUT2D eigenvalue weighted by molar-refractivity contribution is 7.15. The van der Waals surface area contributed by atoms with Crippen LogP contribution in [-0.2, 0) is 9.59 Å². The molecule has 4 aromatic rings. The van der Waals surface area contributed by atoms with E-state index >= 15 is 0 Å². The summed E-state index contributed by atoms with van der Waals surface area (Å²) in [5.74, 6) is -1.96. The standard InChI is InChI=1S/C23H18ClN5O3S/c1-11-6-5-9-28-12(2)17(25-21(11)28)19(30)16-18(14-7-4-8-15(24)10-14)29(22(32)20(16)31)23-27-26-13(3)33-23/h4-10,18,30H,1-3H3. The third-order valence-corrected chi connectivity index (χ3v) is 6.71. The van der Waals surface area contributed by atoms with E-state index in [-0.39, 0.29) is 22.2 Å². The Balaban J connectivity index is 1.78. The van der Waals surface area contributed by atoms with Crippen molar-refractivity contribution in [2.75, 3.05) is 4.90 Å². The number of ketones is 1. The molecule has 0 bridgehead atoms. The van der Waals surface area contributed by atoms with Gasteiger partial charge in [-0.2, -0.15) is 0 Å². The minimum atomic E-state index is -0.929. The molecule has 8 nitrogen and oxygen atoms in total. The number of Topliss-reactive ketones (excluding diaryl/α,β-unsaturated/α-hetero) is 1. The van der Waals surface area contributed by atoms with Crippen LogP contribution < -0.4 is 4.90 Å². The number of rotatable bonds is 3. The molecule has 1 aliphatic heterocycles. The number of carbonyl (C=O) groups is 2. The molecule has 4 heterocycles. The largest absolute Gasteiger partial charge is 0.505 e. The van der Waals surface area contributed by atoms with Gasteiger partial charge < -0.3 is 9.51 Å². The highest BCUT2D eigenvalue weighted by atomic mass is 35.5. The van der Waals surface area contributed by atoms with Gasteiger partial charge in [-0.3, -0.25) is 14.5 Å². The van der Waals surface area contributed by atoms with Crippen LogP contribution in [0.3, 0.4) is 0 Å². The Morgan fingerprint density at radius 2 is 1.91 bits per heavy atom. The van der Waals surface area contributed by atoms with Crippen LogP contribution in [0.5, 0.6) is 0 Å². The molecular formula is C23H18ClN5O3S. The van der Waals surface area contributed by atoms with Gasteiger partial charge in [0.1, 0.15) is 16.3 Å². The third kappa shape index (κ3) is 3.32. The molecule has 3 aromatic heterocycles. The number of imidazole rings is 1. The molecule has 0 saturated carbocycles. The predicted molar refractivity (Wildman–Crippen MR) is 126 cm³/mol. The molecule has 0 aliphatic carbocycles. The van der Waals surface area contributed by atoms with Crippen molar-refractivity contribution in [3.63, 3.8) is 0 Å². The number of hydrogen-bond acceptors (Lipinski definition) is 7. The summed E-state index contributed by atoms with van der Waals surface area (Å²) in [4.78, 5) is 32.3. The number of halogens is 1. The van der Waals surface area contributed by atoms with Gasteiger partial charge in [-0.1, -0.05) is 41.1 Å². The number of fused-ring (bicyclic) bond motifs is 1. The highest BCUT2D eigenvalue weighted by Crippen LogP contribution is 2.43. The fraction of sp³-hybridized carbons (Fsp3) is 0.174. The number of aryl methyl sites for hydroxylation is 3. The van der Waals surface area contributed by atoms with Gasteiger partial charge in [-0.15, -0.1) is 10.2 Å². The van der Waals surface area contributed by atoms with Gasteiger partial charge in [0.05, 0.1) is 17.3 Å². The lowest BCUT2D eigenvalue weighted by Crippen LogP contribution is -2.29. The zero-order chi connectivity index (χ0) is 23.4. The molecule has 166 valence electrons. The molecule has 0 spiro atoms. The van der Waals surface area contributed by atoms with Gasteiger partial charge in [0, 0.05) is 11.2 Å². The summed E-state index contributed by atoms with van der Waals surface area (Å²) in [6, 6.07) is 9.69. The van der Waals surface area contributed by atoms with Gasteiger partial charge in [0.15, 0.2) is 5.76 Å². The lowest BCUT2D eigenvalue weighted by molar-refractivity contribution is -0.132. The Labute approximate surface area is 197 Å². The maximum Gasteiger partial charge on any atom is 0.301 e. The van der Waals surface area contributed by atoms with Crippen LogP contribution >= 0.6 is 22.9 Å². The predicted octanol–water partition coefficient (Wildman–Crippen LogP) is 4.39. The Hall–Kier alpha value is -3.56. The fourth-order valence-corrected chi connectivity index (χ4v) is 4.99. The Bertz CT molecular complexity index is 1490. The Morgan fingerprint density at radius 1 is 1.12 bits per heavy atom. The lowest BCUT2D eigenvalue weighted by atomic mass is 9.96. The second kappa shape index (κ2) is 7.79. The van der Waals surface area contributed by atoms with Crippen molar-refractivity contribution in [1.29, 1.82) is 0 Å². The number of pyridine rings is 1.